The molecular formula is C14H16N4. The summed E-state index contributed by atoms with van der Waals surface area (Å²) in [4.78, 5) is 8.69. The molecule has 0 aliphatic heterocycles. The minimum absolute atomic E-state index is 0.0702. The first-order valence-electron chi connectivity index (χ1n) is 5.96. The lowest BCUT2D eigenvalue weighted by atomic mass is 10.1. The van der Waals surface area contributed by atoms with Crippen LogP contribution in [0.4, 0.5) is 0 Å². The second-order valence-electron chi connectivity index (χ2n) is 4.16. The number of hydrogen-bond donors (Lipinski definition) is 2. The highest BCUT2D eigenvalue weighted by Crippen LogP contribution is 2.15. The number of aryl methyl sites for hydroxylation is 1. The smallest absolute Gasteiger partial charge is 0.159 e. The lowest BCUT2D eigenvalue weighted by Gasteiger charge is -2.03. The van der Waals surface area contributed by atoms with Gasteiger partial charge in [0.25, 0.3) is 0 Å². The molecule has 0 aliphatic rings. The number of nitrogens with one attached hydrogen (secondary N) is 1. The lowest BCUT2D eigenvalue weighted by molar-refractivity contribution is 0.902. The lowest BCUT2D eigenvalue weighted by Crippen LogP contribution is -2.10. The van der Waals surface area contributed by atoms with E-state index in [1.165, 1.54) is 0 Å². The first kappa shape index (κ1) is 12.2. The van der Waals surface area contributed by atoms with Gasteiger partial charge in [-0.1, -0.05) is 37.6 Å². The molecule has 0 aliphatic carbocycles. The first-order valence-corrected chi connectivity index (χ1v) is 5.96. The molecule has 0 saturated heterocycles. The van der Waals surface area contributed by atoms with Crippen LogP contribution < -0.4 is 5.73 Å². The second kappa shape index (κ2) is 5.40. The van der Waals surface area contributed by atoms with Crippen molar-refractivity contribution in [2.24, 2.45) is 5.73 Å². The van der Waals surface area contributed by atoms with Crippen LogP contribution in [0.3, 0.4) is 0 Å². The Morgan fingerprint density at radius 2 is 1.78 bits per heavy atom. The summed E-state index contributed by atoms with van der Waals surface area (Å²) in [6.45, 7) is 2.13. The second-order valence-corrected chi connectivity index (χ2v) is 4.16. The maximum absolute atomic E-state index is 7.33. The summed E-state index contributed by atoms with van der Waals surface area (Å²) in [5.74, 6) is 0.769. The van der Waals surface area contributed by atoms with Crippen LogP contribution in [0.2, 0.25) is 0 Å². The molecule has 3 N–H and O–H groups in total. The first-order chi connectivity index (χ1) is 8.70. The third-order valence-electron chi connectivity index (χ3n) is 2.70. The van der Waals surface area contributed by atoms with Gasteiger partial charge in [0, 0.05) is 23.5 Å². The highest BCUT2D eigenvalue weighted by atomic mass is 14.9. The number of aromatic nitrogens is 2. The fourth-order valence-electron chi connectivity index (χ4n) is 1.72. The van der Waals surface area contributed by atoms with Crippen LogP contribution in [-0.2, 0) is 6.42 Å². The Morgan fingerprint density at radius 3 is 2.28 bits per heavy atom. The molecule has 2 rings (SSSR count). The Kier molecular flexibility index (Phi) is 3.67. The van der Waals surface area contributed by atoms with Crippen molar-refractivity contribution >= 4 is 5.84 Å². The maximum Gasteiger partial charge on any atom is 0.159 e. The molecule has 92 valence electrons. The van der Waals surface area contributed by atoms with Crippen LogP contribution in [0.5, 0.6) is 0 Å². The topological polar surface area (TPSA) is 75.7 Å². The third-order valence-corrected chi connectivity index (χ3v) is 2.70. The van der Waals surface area contributed by atoms with Crippen LogP contribution in [-0.4, -0.2) is 15.8 Å². The maximum atomic E-state index is 7.33. The van der Waals surface area contributed by atoms with Crippen LogP contribution in [0.15, 0.2) is 36.7 Å². The number of nitrogens with zero attached hydrogens (tertiary/aromatic N) is 2. The van der Waals surface area contributed by atoms with Crippen LogP contribution >= 0.6 is 0 Å². The SMILES string of the molecule is CCCc1cnc(-c2ccc(C(=N)N)cc2)nc1. The van der Waals surface area contributed by atoms with Crippen LogP contribution in [0.1, 0.15) is 24.5 Å². The molecule has 1 aromatic heterocycles. The summed E-state index contributed by atoms with van der Waals surface area (Å²) in [6, 6.07) is 7.37. The molecule has 0 saturated carbocycles. The third kappa shape index (κ3) is 2.71. The van der Waals surface area contributed by atoms with Gasteiger partial charge >= 0.3 is 0 Å². The number of benzene rings is 1. The Morgan fingerprint density at radius 1 is 1.17 bits per heavy atom. The summed E-state index contributed by atoms with van der Waals surface area (Å²) in [5, 5.41) is 7.33. The number of amidine groups is 1. The fraction of sp³-hybridized carbons (Fsp3) is 0.214. The van der Waals surface area contributed by atoms with E-state index in [4.69, 9.17) is 11.1 Å². The van der Waals surface area contributed by atoms with Crippen molar-refractivity contribution in [3.05, 3.63) is 47.8 Å². The molecule has 0 unspecified atom stereocenters. The molecule has 18 heavy (non-hydrogen) atoms. The van der Waals surface area contributed by atoms with Gasteiger partial charge in [-0.3, -0.25) is 5.41 Å². The molecule has 1 aromatic carbocycles. The molecule has 0 amide bonds. The molecule has 2 aromatic rings. The molecule has 0 bridgehead atoms. The van der Waals surface area contributed by atoms with Gasteiger partial charge in [0.15, 0.2) is 5.82 Å². The van der Waals surface area contributed by atoms with Crippen molar-refractivity contribution < 1.29 is 0 Å². The van der Waals surface area contributed by atoms with Crippen molar-refractivity contribution in [1.29, 1.82) is 5.41 Å². The van der Waals surface area contributed by atoms with Crippen molar-refractivity contribution in [3.63, 3.8) is 0 Å². The summed E-state index contributed by atoms with van der Waals surface area (Å²) in [6.07, 6.45) is 5.83. The van der Waals surface area contributed by atoms with E-state index in [0.717, 1.165) is 24.0 Å². The van der Waals surface area contributed by atoms with Gasteiger partial charge in [0.05, 0.1) is 0 Å². The Balaban J connectivity index is 2.23. The van der Waals surface area contributed by atoms with E-state index in [0.29, 0.717) is 11.4 Å². The zero-order valence-corrected chi connectivity index (χ0v) is 10.4. The Labute approximate surface area is 106 Å². The Bertz CT molecular complexity index is 529. The van der Waals surface area contributed by atoms with Crippen LogP contribution in [0, 0.1) is 5.41 Å². The van der Waals surface area contributed by atoms with Gasteiger partial charge in [-0.05, 0) is 12.0 Å². The molecular weight excluding hydrogens is 224 g/mol. The molecule has 0 spiro atoms. The van der Waals surface area contributed by atoms with Crippen molar-refractivity contribution in [2.45, 2.75) is 19.8 Å². The van der Waals surface area contributed by atoms with E-state index in [-0.39, 0.29) is 5.84 Å². The summed E-state index contributed by atoms with van der Waals surface area (Å²) in [5.41, 5.74) is 8.20. The van der Waals surface area contributed by atoms with Crippen molar-refractivity contribution in [1.82, 2.24) is 9.97 Å². The van der Waals surface area contributed by atoms with Gasteiger partial charge in [-0.2, -0.15) is 0 Å². The molecule has 4 heteroatoms. The van der Waals surface area contributed by atoms with Gasteiger partial charge in [-0.25, -0.2) is 9.97 Å². The monoisotopic (exact) mass is 240 g/mol. The molecule has 4 nitrogen and oxygen atoms in total. The van der Waals surface area contributed by atoms with Crippen molar-refractivity contribution in [3.8, 4) is 11.4 Å². The predicted octanol–water partition coefficient (Wildman–Crippen LogP) is 2.38. The standard InChI is InChI=1S/C14H16N4/c1-2-3-10-8-17-14(18-9-10)12-6-4-11(5-7-12)13(15)16/h4-9H,2-3H2,1H3,(H3,15,16). The Hall–Kier alpha value is -2.23. The summed E-state index contributed by atoms with van der Waals surface area (Å²) >= 11 is 0. The number of nitrogen functional groups attached to an aromatic ring is 1. The highest BCUT2D eigenvalue weighted by Gasteiger charge is 2.02. The van der Waals surface area contributed by atoms with E-state index >= 15 is 0 Å². The van der Waals surface area contributed by atoms with E-state index < -0.39 is 0 Å². The highest BCUT2D eigenvalue weighted by molar-refractivity contribution is 5.95. The molecule has 0 radical (unpaired) electrons. The van der Waals surface area contributed by atoms with Gasteiger partial charge in [0.1, 0.15) is 5.84 Å². The van der Waals surface area contributed by atoms with Crippen molar-refractivity contribution in [2.75, 3.05) is 0 Å². The van der Waals surface area contributed by atoms with E-state index in [1.807, 2.05) is 24.5 Å². The van der Waals surface area contributed by atoms with E-state index in [1.54, 1.807) is 12.1 Å². The van der Waals surface area contributed by atoms with Gasteiger partial charge in [0.2, 0.25) is 0 Å². The zero-order valence-electron chi connectivity index (χ0n) is 10.4. The fourth-order valence-corrected chi connectivity index (χ4v) is 1.72. The average Bonchev–Trinajstić information content (AvgIpc) is 2.40. The van der Waals surface area contributed by atoms with E-state index in [2.05, 4.69) is 16.9 Å². The minimum Gasteiger partial charge on any atom is -0.384 e. The average molecular weight is 240 g/mol. The summed E-state index contributed by atoms with van der Waals surface area (Å²) in [7, 11) is 0. The zero-order chi connectivity index (χ0) is 13.0. The van der Waals surface area contributed by atoms with E-state index in [9.17, 15) is 0 Å². The summed E-state index contributed by atoms with van der Waals surface area (Å²) < 4.78 is 0. The predicted molar refractivity (Wildman–Crippen MR) is 72.5 cm³/mol. The van der Waals surface area contributed by atoms with Gasteiger partial charge in [-0.15, -0.1) is 0 Å². The van der Waals surface area contributed by atoms with Crippen LogP contribution in [0.25, 0.3) is 11.4 Å². The minimum atomic E-state index is 0.0702. The number of hydrogen-bond acceptors (Lipinski definition) is 3. The molecule has 0 atom stereocenters. The number of nitrogens with two attached hydrogens (primary N) is 1. The molecule has 0 fully saturated rings. The van der Waals surface area contributed by atoms with Gasteiger partial charge < -0.3 is 5.73 Å². The molecule has 1 heterocycles. The quantitative estimate of drug-likeness (QED) is 0.636. The largest absolute Gasteiger partial charge is 0.384 e. The normalized spacial score (nSPS) is 10.3. The number of rotatable bonds is 4.